The van der Waals surface area contributed by atoms with E-state index < -0.39 is 37.6 Å². The Bertz CT molecular complexity index is 540. The molecule has 0 aromatic heterocycles. The van der Waals surface area contributed by atoms with Gasteiger partial charge in [-0.3, -0.25) is 30.3 Å². The lowest BCUT2D eigenvalue weighted by molar-refractivity contribution is -0.441. The molecule has 0 fully saturated rings. The first-order valence-electron chi connectivity index (χ1n) is 4.49. The van der Waals surface area contributed by atoms with Crippen molar-refractivity contribution in [3.8, 4) is 5.75 Å². The molecule has 96 valence electrons. The van der Waals surface area contributed by atoms with Gasteiger partial charge in [0.15, 0.2) is 0 Å². The summed E-state index contributed by atoms with van der Waals surface area (Å²) in [4.78, 5) is 28.8. The van der Waals surface area contributed by atoms with Crippen LogP contribution in [-0.2, 0) is 0 Å². The first-order chi connectivity index (χ1) is 8.20. The number of phenolic OH excluding ortho intramolecular Hbond substituents is 1. The molecule has 0 saturated heterocycles. The number of hydrogen-bond acceptors (Lipinski definition) is 7. The van der Waals surface area contributed by atoms with Crippen molar-refractivity contribution in [2.75, 3.05) is 0 Å². The molecule has 1 aromatic rings. The van der Waals surface area contributed by atoms with Crippen molar-refractivity contribution in [3.05, 3.63) is 41.5 Å². The molecule has 1 N–H and O–H groups in total. The van der Waals surface area contributed by atoms with E-state index in [9.17, 15) is 35.4 Å². The summed E-state index contributed by atoms with van der Waals surface area (Å²) in [5.74, 6) is -0.695. The SMILES string of the molecule is Cc1c(O)c(C)c([N+](=O)[O-])c([N+](=O)[O-])c1[N+](=O)[O-]. The molecule has 0 heterocycles. The van der Waals surface area contributed by atoms with Crippen LogP contribution in [0.4, 0.5) is 17.1 Å². The van der Waals surface area contributed by atoms with Crippen LogP contribution in [0.25, 0.3) is 0 Å². The zero-order valence-corrected chi connectivity index (χ0v) is 9.24. The zero-order chi connectivity index (χ0) is 14.2. The molecule has 0 unspecified atom stereocenters. The predicted octanol–water partition coefficient (Wildman–Crippen LogP) is 1.73. The van der Waals surface area contributed by atoms with Gasteiger partial charge in [-0.15, -0.1) is 0 Å². The fraction of sp³-hybridized carbons (Fsp3) is 0.250. The summed E-state index contributed by atoms with van der Waals surface area (Å²) in [7, 11) is 0. The summed E-state index contributed by atoms with van der Waals surface area (Å²) in [5.41, 5.74) is -4.13. The standard InChI is InChI=1S/C8H7N3O7/c1-3-5(9(13)14)7(11(17)18)6(10(15)16)4(2)8(3)12/h12H,1-2H3. The molecular formula is C8H7N3O7. The predicted molar refractivity (Wildman–Crippen MR) is 57.5 cm³/mol. The van der Waals surface area contributed by atoms with E-state index in [1.807, 2.05) is 0 Å². The second-order valence-electron chi connectivity index (χ2n) is 3.42. The first kappa shape index (κ1) is 13.3. The lowest BCUT2D eigenvalue weighted by Gasteiger charge is -2.05. The summed E-state index contributed by atoms with van der Waals surface area (Å²) in [6, 6.07) is 0. The molecule has 0 bridgehead atoms. The lowest BCUT2D eigenvalue weighted by atomic mass is 10.0. The van der Waals surface area contributed by atoms with E-state index in [0.717, 1.165) is 13.8 Å². The van der Waals surface area contributed by atoms with Gasteiger partial charge in [-0.1, -0.05) is 0 Å². The van der Waals surface area contributed by atoms with Gasteiger partial charge in [0.1, 0.15) is 5.75 Å². The Hall–Kier alpha value is -2.78. The Morgan fingerprint density at radius 1 is 0.778 bits per heavy atom. The van der Waals surface area contributed by atoms with Gasteiger partial charge in [0.05, 0.1) is 25.9 Å². The van der Waals surface area contributed by atoms with Crippen LogP contribution in [0.2, 0.25) is 0 Å². The fourth-order valence-electron chi connectivity index (χ4n) is 1.59. The molecule has 0 radical (unpaired) electrons. The summed E-state index contributed by atoms with van der Waals surface area (Å²) in [6.45, 7) is 2.16. The number of hydrogen-bond donors (Lipinski definition) is 1. The Balaban J connectivity index is 3.99. The number of nitro groups is 3. The van der Waals surface area contributed by atoms with Crippen molar-refractivity contribution in [1.82, 2.24) is 0 Å². The van der Waals surface area contributed by atoms with E-state index in [2.05, 4.69) is 0 Å². The highest BCUT2D eigenvalue weighted by Gasteiger charge is 2.42. The highest BCUT2D eigenvalue weighted by Crippen LogP contribution is 2.46. The van der Waals surface area contributed by atoms with E-state index in [1.165, 1.54) is 0 Å². The maximum atomic E-state index is 10.8. The smallest absolute Gasteiger partial charge is 0.423 e. The van der Waals surface area contributed by atoms with Crippen LogP contribution in [-0.4, -0.2) is 19.9 Å². The van der Waals surface area contributed by atoms with E-state index in [4.69, 9.17) is 0 Å². The van der Waals surface area contributed by atoms with Crippen molar-refractivity contribution in [1.29, 1.82) is 0 Å². The third kappa shape index (κ3) is 1.79. The molecule has 0 atom stereocenters. The van der Waals surface area contributed by atoms with E-state index in [1.54, 1.807) is 0 Å². The van der Waals surface area contributed by atoms with E-state index in [-0.39, 0.29) is 11.1 Å². The van der Waals surface area contributed by atoms with Gasteiger partial charge in [-0.25, -0.2) is 0 Å². The van der Waals surface area contributed by atoms with Gasteiger partial charge in [0, 0.05) is 0 Å². The number of phenols is 1. The molecule has 18 heavy (non-hydrogen) atoms. The molecule has 0 aliphatic heterocycles. The minimum absolute atomic E-state index is 0.380. The topological polar surface area (TPSA) is 150 Å². The maximum Gasteiger partial charge on any atom is 0.423 e. The minimum Gasteiger partial charge on any atom is -0.507 e. The summed E-state index contributed by atoms with van der Waals surface area (Å²) >= 11 is 0. The van der Waals surface area contributed by atoms with Gasteiger partial charge >= 0.3 is 17.1 Å². The normalized spacial score (nSPS) is 10.1. The molecule has 0 aliphatic carbocycles. The van der Waals surface area contributed by atoms with Crippen molar-refractivity contribution in [2.24, 2.45) is 0 Å². The van der Waals surface area contributed by atoms with Crippen LogP contribution in [0.15, 0.2) is 0 Å². The van der Waals surface area contributed by atoms with E-state index in [0.29, 0.717) is 0 Å². The fourth-order valence-corrected chi connectivity index (χ4v) is 1.59. The highest BCUT2D eigenvalue weighted by molar-refractivity contribution is 5.76. The van der Waals surface area contributed by atoms with Crippen LogP contribution in [0.3, 0.4) is 0 Å². The van der Waals surface area contributed by atoms with Crippen LogP contribution in [0.5, 0.6) is 5.75 Å². The Labute approximate surface area is 98.9 Å². The van der Waals surface area contributed by atoms with Crippen LogP contribution >= 0.6 is 0 Å². The van der Waals surface area contributed by atoms with Gasteiger partial charge in [0.25, 0.3) is 0 Å². The van der Waals surface area contributed by atoms with Crippen molar-refractivity contribution >= 4 is 17.1 Å². The molecule has 0 amide bonds. The zero-order valence-electron chi connectivity index (χ0n) is 9.24. The lowest BCUT2D eigenvalue weighted by Crippen LogP contribution is -2.05. The van der Waals surface area contributed by atoms with Crippen molar-refractivity contribution in [2.45, 2.75) is 13.8 Å². The number of benzene rings is 1. The molecule has 1 aromatic carbocycles. The molecule has 10 heteroatoms. The molecule has 0 aliphatic rings. The number of nitrogens with zero attached hydrogens (tertiary/aromatic N) is 3. The summed E-state index contributed by atoms with van der Waals surface area (Å²) in [5, 5.41) is 41.8. The molecule has 0 saturated carbocycles. The maximum absolute atomic E-state index is 10.8. The van der Waals surface area contributed by atoms with Gasteiger partial charge in [0.2, 0.25) is 0 Å². The number of rotatable bonds is 3. The quantitative estimate of drug-likeness (QED) is 0.639. The van der Waals surface area contributed by atoms with Crippen molar-refractivity contribution < 1.29 is 19.9 Å². The third-order valence-corrected chi connectivity index (χ3v) is 2.42. The van der Waals surface area contributed by atoms with Gasteiger partial charge < -0.3 is 5.11 Å². The van der Waals surface area contributed by atoms with Crippen molar-refractivity contribution in [3.63, 3.8) is 0 Å². The van der Waals surface area contributed by atoms with Crippen LogP contribution in [0, 0.1) is 44.2 Å². The van der Waals surface area contributed by atoms with E-state index >= 15 is 0 Å². The molecule has 0 spiro atoms. The summed E-state index contributed by atoms with van der Waals surface area (Å²) in [6.07, 6.45) is 0. The third-order valence-electron chi connectivity index (χ3n) is 2.42. The molecule has 1 rings (SSSR count). The Morgan fingerprint density at radius 3 is 1.28 bits per heavy atom. The Morgan fingerprint density at radius 2 is 1.06 bits per heavy atom. The van der Waals surface area contributed by atoms with Gasteiger partial charge in [-0.2, -0.15) is 0 Å². The molecular weight excluding hydrogens is 250 g/mol. The minimum atomic E-state index is -1.22. The molecule has 10 nitrogen and oxygen atoms in total. The van der Waals surface area contributed by atoms with Crippen LogP contribution in [0.1, 0.15) is 11.1 Å². The Kier molecular flexibility index (Phi) is 3.13. The first-order valence-corrected chi connectivity index (χ1v) is 4.49. The monoisotopic (exact) mass is 257 g/mol. The summed E-state index contributed by atoms with van der Waals surface area (Å²) < 4.78 is 0. The van der Waals surface area contributed by atoms with Crippen LogP contribution < -0.4 is 0 Å². The largest absolute Gasteiger partial charge is 0.507 e. The average molecular weight is 257 g/mol. The second kappa shape index (κ2) is 4.24. The highest BCUT2D eigenvalue weighted by atomic mass is 16.6. The van der Waals surface area contributed by atoms with Gasteiger partial charge in [-0.05, 0) is 13.8 Å². The number of nitro benzene ring substituents is 3. The number of aromatic hydroxyl groups is 1. The second-order valence-corrected chi connectivity index (χ2v) is 3.42. The average Bonchev–Trinajstić information content (AvgIpc) is 2.23.